The molecule has 6 nitrogen and oxygen atoms in total. The first-order valence-corrected chi connectivity index (χ1v) is 13.5. The minimum Gasteiger partial charge on any atom is -0.486 e. The summed E-state index contributed by atoms with van der Waals surface area (Å²) < 4.78 is 44.5. The van der Waals surface area contributed by atoms with E-state index in [0.29, 0.717) is 29.8 Å². The van der Waals surface area contributed by atoms with Crippen molar-refractivity contribution in [2.24, 2.45) is 0 Å². The van der Waals surface area contributed by atoms with Crippen molar-refractivity contribution in [1.82, 2.24) is 0 Å². The van der Waals surface area contributed by atoms with E-state index in [-0.39, 0.29) is 6.61 Å². The van der Waals surface area contributed by atoms with Crippen LogP contribution in [-0.2, 0) is 47.7 Å². The molecule has 3 aromatic carbocycles. The molecule has 2 aliphatic heterocycles. The Balaban J connectivity index is 1.47. The summed E-state index contributed by atoms with van der Waals surface area (Å²) in [6, 6.07) is 29.6. The van der Waals surface area contributed by atoms with Crippen molar-refractivity contribution in [3.05, 3.63) is 119 Å². The molecule has 0 unspecified atom stereocenters. The van der Waals surface area contributed by atoms with Crippen molar-refractivity contribution >= 4 is 10.8 Å². The number of hydrogen-bond acceptors (Lipinski definition) is 6. The summed E-state index contributed by atoms with van der Waals surface area (Å²) in [6.45, 7) is 2.78. The predicted octanol–water partition coefficient (Wildman–Crippen LogP) is 5.24. The maximum Gasteiger partial charge on any atom is 0.225 e. The summed E-state index contributed by atoms with van der Waals surface area (Å²) >= 11 is 0. The lowest BCUT2D eigenvalue weighted by Gasteiger charge is -2.44. The van der Waals surface area contributed by atoms with Gasteiger partial charge in [0.05, 0.1) is 24.0 Å². The minimum absolute atomic E-state index is 0.284. The Morgan fingerprint density at radius 1 is 0.861 bits per heavy atom. The number of hydrogen-bond donors (Lipinski definition) is 0. The molecular weight excluding hydrogens is 476 g/mol. The standard InChI is InChI=1S/C29H30O6S/c1-2-36(30)29-27(32-19-22-14-8-4-9-15-22)26(31-18-21-12-6-3-7-13-21)25-24(34-29)20-33-28(35-25)23-16-10-5-11-17-23/h3-17,24-26,28H,2,18-20H2,1H3/t24-,25+,26-,28+,36+/m0/s1. The lowest BCUT2D eigenvalue weighted by molar-refractivity contribution is -0.289. The quantitative estimate of drug-likeness (QED) is 0.396. The van der Waals surface area contributed by atoms with Gasteiger partial charge in [-0.3, -0.25) is 4.21 Å². The molecule has 0 bridgehead atoms. The first-order valence-electron chi connectivity index (χ1n) is 12.2. The molecule has 3 aromatic rings. The van der Waals surface area contributed by atoms with Crippen LogP contribution in [0.1, 0.15) is 29.9 Å². The monoisotopic (exact) mass is 506 g/mol. The van der Waals surface area contributed by atoms with Gasteiger partial charge in [-0.25, -0.2) is 0 Å². The number of ether oxygens (including phenoxy) is 5. The van der Waals surface area contributed by atoms with Gasteiger partial charge in [0.2, 0.25) is 5.09 Å². The molecule has 0 saturated carbocycles. The van der Waals surface area contributed by atoms with E-state index < -0.39 is 35.4 Å². The van der Waals surface area contributed by atoms with Gasteiger partial charge in [-0.1, -0.05) is 97.9 Å². The van der Waals surface area contributed by atoms with Crippen molar-refractivity contribution in [2.45, 2.75) is 44.7 Å². The summed E-state index contributed by atoms with van der Waals surface area (Å²) in [5.41, 5.74) is 2.93. The molecule has 5 rings (SSSR count). The first kappa shape index (κ1) is 24.7. The molecule has 1 saturated heterocycles. The van der Waals surface area contributed by atoms with E-state index in [2.05, 4.69) is 0 Å². The van der Waals surface area contributed by atoms with E-state index in [1.54, 1.807) is 0 Å². The third-order valence-electron chi connectivity index (χ3n) is 6.13. The summed E-state index contributed by atoms with van der Waals surface area (Å²) in [5, 5.41) is 0.304. The molecule has 0 aliphatic carbocycles. The topological polar surface area (TPSA) is 63.2 Å². The van der Waals surface area contributed by atoms with Crippen LogP contribution in [0.5, 0.6) is 0 Å². The lowest BCUT2D eigenvalue weighted by Crippen LogP contribution is -2.53. The molecule has 0 aromatic heterocycles. The van der Waals surface area contributed by atoms with Crippen molar-refractivity contribution in [3.8, 4) is 0 Å². The molecule has 7 heteroatoms. The number of benzene rings is 3. The zero-order valence-electron chi connectivity index (χ0n) is 20.2. The molecule has 5 atom stereocenters. The molecule has 0 amide bonds. The fourth-order valence-corrected chi connectivity index (χ4v) is 5.16. The van der Waals surface area contributed by atoms with Gasteiger partial charge in [0.25, 0.3) is 0 Å². The average molecular weight is 507 g/mol. The summed E-state index contributed by atoms with van der Waals surface area (Å²) in [6.07, 6.45) is -2.16. The Morgan fingerprint density at radius 3 is 2.11 bits per heavy atom. The Bertz CT molecular complexity index is 1170. The second-order valence-corrected chi connectivity index (χ2v) is 10.2. The van der Waals surface area contributed by atoms with Gasteiger partial charge in [0.15, 0.2) is 18.2 Å². The fraction of sp³-hybridized carbons (Fsp3) is 0.310. The lowest BCUT2D eigenvalue weighted by atomic mass is 10.0. The summed E-state index contributed by atoms with van der Waals surface area (Å²) in [4.78, 5) is 0. The van der Waals surface area contributed by atoms with Crippen LogP contribution >= 0.6 is 0 Å². The highest BCUT2D eigenvalue weighted by molar-refractivity contribution is 7.88. The average Bonchev–Trinajstić information content (AvgIpc) is 2.95. The summed E-state index contributed by atoms with van der Waals surface area (Å²) in [7, 11) is -1.39. The van der Waals surface area contributed by atoms with Crippen LogP contribution in [0.3, 0.4) is 0 Å². The highest BCUT2D eigenvalue weighted by Gasteiger charge is 2.48. The Kier molecular flexibility index (Phi) is 8.13. The van der Waals surface area contributed by atoms with Crippen LogP contribution in [0.2, 0.25) is 0 Å². The molecule has 0 N–H and O–H groups in total. The zero-order valence-corrected chi connectivity index (χ0v) is 21.0. The second-order valence-electron chi connectivity index (χ2n) is 8.61. The van der Waals surface area contributed by atoms with E-state index in [1.165, 1.54) is 0 Å². The number of rotatable bonds is 9. The van der Waals surface area contributed by atoms with Crippen molar-refractivity contribution < 1.29 is 27.9 Å². The molecule has 36 heavy (non-hydrogen) atoms. The van der Waals surface area contributed by atoms with Crippen LogP contribution in [0.25, 0.3) is 0 Å². The maximum atomic E-state index is 13.1. The van der Waals surface area contributed by atoms with E-state index in [1.807, 2.05) is 97.9 Å². The highest BCUT2D eigenvalue weighted by Crippen LogP contribution is 2.39. The summed E-state index contributed by atoms with van der Waals surface area (Å²) in [5.74, 6) is 0.815. The third-order valence-corrected chi connectivity index (χ3v) is 7.36. The molecule has 2 heterocycles. The second kappa shape index (κ2) is 11.8. The van der Waals surface area contributed by atoms with Crippen molar-refractivity contribution in [1.29, 1.82) is 0 Å². The van der Waals surface area contributed by atoms with Crippen molar-refractivity contribution in [3.63, 3.8) is 0 Å². The van der Waals surface area contributed by atoms with Crippen LogP contribution < -0.4 is 0 Å². The van der Waals surface area contributed by atoms with Gasteiger partial charge in [-0.15, -0.1) is 0 Å². The van der Waals surface area contributed by atoms with Crippen LogP contribution in [-0.4, -0.2) is 34.9 Å². The molecule has 188 valence electrons. The van der Waals surface area contributed by atoms with Gasteiger partial charge in [-0.2, -0.15) is 0 Å². The molecule has 0 spiro atoms. The number of fused-ring (bicyclic) bond motifs is 1. The van der Waals surface area contributed by atoms with Gasteiger partial charge < -0.3 is 23.7 Å². The Hall–Kier alpha value is -2.97. The first-order chi connectivity index (χ1) is 17.7. The maximum absolute atomic E-state index is 13.1. The van der Waals surface area contributed by atoms with Crippen LogP contribution in [0, 0.1) is 0 Å². The highest BCUT2D eigenvalue weighted by atomic mass is 32.2. The van der Waals surface area contributed by atoms with E-state index in [0.717, 1.165) is 16.7 Å². The van der Waals surface area contributed by atoms with Gasteiger partial charge in [0, 0.05) is 11.3 Å². The van der Waals surface area contributed by atoms with Gasteiger partial charge in [0.1, 0.15) is 18.8 Å². The van der Waals surface area contributed by atoms with Crippen molar-refractivity contribution in [2.75, 3.05) is 12.4 Å². The molecule has 0 radical (unpaired) electrons. The molecule has 1 fully saturated rings. The smallest absolute Gasteiger partial charge is 0.225 e. The van der Waals surface area contributed by atoms with Crippen LogP contribution in [0.15, 0.2) is 102 Å². The molecule has 2 aliphatic rings. The van der Waals surface area contributed by atoms with Crippen LogP contribution in [0.4, 0.5) is 0 Å². The largest absolute Gasteiger partial charge is 0.486 e. The Morgan fingerprint density at radius 2 is 1.47 bits per heavy atom. The van der Waals surface area contributed by atoms with E-state index in [9.17, 15) is 4.21 Å². The fourth-order valence-electron chi connectivity index (χ4n) is 4.26. The zero-order chi connectivity index (χ0) is 24.7. The Labute approximate surface area is 214 Å². The van der Waals surface area contributed by atoms with E-state index in [4.69, 9.17) is 23.7 Å². The van der Waals surface area contributed by atoms with Gasteiger partial charge in [-0.05, 0) is 11.1 Å². The molecular formula is C29H30O6S. The minimum atomic E-state index is -1.39. The van der Waals surface area contributed by atoms with E-state index >= 15 is 0 Å². The van der Waals surface area contributed by atoms with Gasteiger partial charge >= 0.3 is 0 Å². The normalized spacial score (nSPS) is 24.5. The SMILES string of the molecule is CC[S@@](=O)C1=C(OCc2ccccc2)[C@@H](OCc2ccccc2)[C@@H]2O[C@H](c3ccccc3)OC[C@@H]2O1. The predicted molar refractivity (Wildman–Crippen MR) is 137 cm³/mol. The third kappa shape index (κ3) is 5.71.